The maximum Gasteiger partial charge on any atom is 0.341 e. The van der Waals surface area contributed by atoms with Gasteiger partial charge in [-0.25, -0.2) is 0 Å². The van der Waals surface area contributed by atoms with Crippen molar-refractivity contribution in [2.24, 2.45) is 0 Å². The van der Waals surface area contributed by atoms with Crippen LogP contribution in [0, 0.1) is 0 Å². The predicted molar refractivity (Wildman–Crippen MR) is 93.9 cm³/mol. The van der Waals surface area contributed by atoms with E-state index in [1.54, 1.807) is 12.1 Å². The number of rotatable bonds is 5. The number of hydrogen-bond acceptors (Lipinski definition) is 3. The molecule has 0 N–H and O–H groups in total. The van der Waals surface area contributed by atoms with Crippen molar-refractivity contribution in [1.82, 2.24) is 0 Å². The summed E-state index contributed by atoms with van der Waals surface area (Å²) >= 11 is 0. The largest absolute Gasteiger partial charge is 0.341 e. The van der Waals surface area contributed by atoms with Gasteiger partial charge in [-0.15, -0.1) is 0 Å². The van der Waals surface area contributed by atoms with Gasteiger partial charge in [0, 0.05) is 14.2 Å². The lowest BCUT2D eigenvalue weighted by atomic mass is 9.98. The van der Waals surface area contributed by atoms with Gasteiger partial charge in [-0.1, -0.05) is 72.7 Å². The summed E-state index contributed by atoms with van der Waals surface area (Å²) in [5.41, 5.74) is -0.805. The van der Waals surface area contributed by atoms with E-state index in [1.165, 1.54) is 14.2 Å². The Morgan fingerprint density at radius 3 is 2.30 bits per heavy atom. The zero-order valence-corrected chi connectivity index (χ0v) is 13.7. The monoisotopic (exact) mass is 331 g/mol. The highest BCUT2D eigenvalue weighted by molar-refractivity contribution is 7.54. The summed E-state index contributed by atoms with van der Waals surface area (Å²) in [6, 6.07) is 10.3. The van der Waals surface area contributed by atoms with E-state index in [0.29, 0.717) is 5.56 Å². The van der Waals surface area contributed by atoms with Crippen LogP contribution in [0.3, 0.4) is 0 Å². The molecule has 0 aliphatic rings. The van der Waals surface area contributed by atoms with E-state index in [4.69, 9.17) is 15.9 Å². The van der Waals surface area contributed by atoms with Crippen LogP contribution in [0.15, 0.2) is 72.7 Å². The van der Waals surface area contributed by atoms with Crippen LogP contribution in [0.25, 0.3) is 10.8 Å². The topological polar surface area (TPSA) is 35.5 Å². The molecule has 0 bridgehead atoms. The van der Waals surface area contributed by atoms with Gasteiger partial charge in [-0.3, -0.25) is 4.57 Å². The van der Waals surface area contributed by atoms with Crippen LogP contribution in [-0.2, 0) is 13.6 Å². The van der Waals surface area contributed by atoms with Crippen molar-refractivity contribution in [2.75, 3.05) is 14.2 Å². The van der Waals surface area contributed by atoms with Crippen molar-refractivity contribution in [3.8, 4) is 0 Å². The van der Waals surface area contributed by atoms with Crippen LogP contribution in [0.2, 0.25) is 0 Å². The Balaban J connectivity index is 2.47. The fraction of sp³-hybridized carbons (Fsp3) is 0.158. The third-order valence-electron chi connectivity index (χ3n) is 3.74. The van der Waals surface area contributed by atoms with Gasteiger partial charge in [0.1, 0.15) is 5.66 Å². The molecular formula is C19H19O3P. The molecule has 0 aliphatic carbocycles. The van der Waals surface area contributed by atoms with Gasteiger partial charge in [0.05, 0.1) is 6.85 Å². The maximum atomic E-state index is 13.5. The van der Waals surface area contributed by atoms with Crippen LogP contribution in [0.4, 0.5) is 0 Å². The van der Waals surface area contributed by atoms with E-state index >= 15 is 0 Å². The lowest BCUT2D eigenvalue weighted by molar-refractivity contribution is 0.270. The molecule has 0 aliphatic heterocycles. The molecule has 1 unspecified atom stereocenters. The molecule has 0 aromatic heterocycles. The fourth-order valence-electron chi connectivity index (χ4n) is 2.65. The van der Waals surface area contributed by atoms with Crippen molar-refractivity contribution >= 4 is 18.4 Å². The van der Waals surface area contributed by atoms with Crippen LogP contribution >= 0.6 is 7.60 Å². The molecule has 4 heteroatoms. The normalized spacial score (nSPS) is 16.2. The number of hydrogen-bond donors (Lipinski definition) is 0. The van der Waals surface area contributed by atoms with Crippen molar-refractivity contribution < 1.29 is 20.5 Å². The average Bonchev–Trinajstić information content (AvgIpc) is 2.73. The minimum Gasteiger partial charge on any atom is -0.311 e. The summed E-state index contributed by atoms with van der Waals surface area (Å²) in [5.74, 6) is 0. The Labute approximate surface area is 143 Å². The van der Waals surface area contributed by atoms with Gasteiger partial charge in [0.2, 0.25) is 0 Å². The quantitative estimate of drug-likeness (QED) is 0.586. The van der Waals surface area contributed by atoms with Crippen molar-refractivity contribution in [2.45, 2.75) is 5.66 Å². The molecule has 0 spiro atoms. The first-order chi connectivity index (χ1) is 13.3. The number of benzene rings is 3. The molecule has 0 fully saturated rings. The van der Waals surface area contributed by atoms with Gasteiger partial charge < -0.3 is 9.05 Å². The molecular weight excluding hydrogens is 307 g/mol. The first-order valence-corrected chi connectivity index (χ1v) is 8.63. The van der Waals surface area contributed by atoms with Gasteiger partial charge in [0.25, 0.3) is 0 Å². The standard InChI is InChI=1S/C19H19O3P/c1-21-23(20,22-2)19(16-10-4-3-5-11-16)18-14-8-12-15-9-6-7-13-17(15)18/h3-14,19H,1-2H3/i3D,4D,5D,10D,11D. The molecule has 118 valence electrons. The summed E-state index contributed by atoms with van der Waals surface area (Å²) in [4.78, 5) is 0. The van der Waals surface area contributed by atoms with Gasteiger partial charge in [-0.05, 0) is 21.9 Å². The van der Waals surface area contributed by atoms with Gasteiger partial charge >= 0.3 is 7.60 Å². The lowest BCUT2D eigenvalue weighted by Crippen LogP contribution is -2.06. The zero-order valence-electron chi connectivity index (χ0n) is 17.8. The van der Waals surface area contributed by atoms with Crippen LogP contribution in [0.5, 0.6) is 0 Å². The smallest absolute Gasteiger partial charge is 0.311 e. The highest BCUT2D eigenvalue weighted by Gasteiger charge is 2.37. The second-order valence-electron chi connectivity index (χ2n) is 4.91. The van der Waals surface area contributed by atoms with Crippen LogP contribution < -0.4 is 0 Å². The minimum atomic E-state index is -3.92. The highest BCUT2D eigenvalue weighted by atomic mass is 31.2. The molecule has 0 saturated heterocycles. The summed E-state index contributed by atoms with van der Waals surface area (Å²) in [5, 5.41) is 1.59. The average molecular weight is 331 g/mol. The molecule has 0 saturated carbocycles. The third kappa shape index (κ3) is 2.96. The Kier molecular flexibility index (Phi) is 3.13. The molecule has 0 heterocycles. The van der Waals surface area contributed by atoms with Crippen molar-refractivity contribution in [1.29, 1.82) is 0 Å². The highest BCUT2D eigenvalue weighted by Crippen LogP contribution is 2.63. The zero-order chi connectivity index (χ0) is 20.6. The molecule has 3 aromatic rings. The minimum absolute atomic E-state index is 0.116. The maximum absolute atomic E-state index is 13.5. The first-order valence-electron chi connectivity index (χ1n) is 9.52. The van der Waals surface area contributed by atoms with Crippen molar-refractivity contribution in [3.63, 3.8) is 0 Å². The third-order valence-corrected chi connectivity index (χ3v) is 5.92. The summed E-state index contributed by atoms with van der Waals surface area (Å²) in [6.07, 6.45) is 0. The summed E-state index contributed by atoms with van der Waals surface area (Å²) in [6.45, 7) is 0. The van der Waals surface area contributed by atoms with Crippen molar-refractivity contribution in [3.05, 3.63) is 83.8 Å². The van der Waals surface area contributed by atoms with Gasteiger partial charge in [0.15, 0.2) is 0 Å². The summed E-state index contributed by atoms with van der Waals surface area (Å²) < 4.78 is 64.5. The van der Waals surface area contributed by atoms with E-state index in [1.807, 2.05) is 30.3 Å². The Morgan fingerprint density at radius 1 is 0.957 bits per heavy atom. The Bertz CT molecular complexity index is 1060. The molecule has 3 nitrogen and oxygen atoms in total. The first kappa shape index (κ1) is 10.8. The van der Waals surface area contributed by atoms with E-state index in [9.17, 15) is 4.57 Å². The van der Waals surface area contributed by atoms with E-state index in [2.05, 4.69) is 0 Å². The molecule has 3 rings (SSSR count). The lowest BCUT2D eigenvalue weighted by Gasteiger charge is -2.26. The van der Waals surface area contributed by atoms with E-state index in [-0.39, 0.29) is 5.56 Å². The molecule has 0 amide bonds. The van der Waals surface area contributed by atoms with E-state index < -0.39 is 43.5 Å². The Morgan fingerprint density at radius 2 is 1.61 bits per heavy atom. The SMILES string of the molecule is [2H]c1c([2H])c([2H])c(C(c2cccc3ccccc23)P(=O)(OC)OC)c([2H])c1[2H]. The summed E-state index contributed by atoms with van der Waals surface area (Å²) in [7, 11) is -1.48. The molecule has 3 aromatic carbocycles. The predicted octanol–water partition coefficient (Wildman–Crippen LogP) is 5.42. The Hall–Kier alpha value is -1.93. The second kappa shape index (κ2) is 6.67. The second-order valence-corrected chi connectivity index (χ2v) is 7.24. The fourth-order valence-corrected chi connectivity index (χ4v) is 4.24. The molecule has 0 radical (unpaired) electrons. The molecule has 1 atom stereocenters. The van der Waals surface area contributed by atoms with Gasteiger partial charge in [-0.2, -0.15) is 0 Å². The van der Waals surface area contributed by atoms with E-state index in [0.717, 1.165) is 10.8 Å². The van der Waals surface area contributed by atoms with Crippen LogP contribution in [0.1, 0.15) is 23.6 Å². The molecule has 23 heavy (non-hydrogen) atoms. The number of fused-ring (bicyclic) bond motifs is 1. The van der Waals surface area contributed by atoms with Crippen LogP contribution in [-0.4, -0.2) is 14.2 Å².